The van der Waals surface area contributed by atoms with Crippen molar-refractivity contribution in [3.05, 3.63) is 33.3 Å². The topological polar surface area (TPSA) is 39.1 Å². The number of hydrogen-bond donors (Lipinski definition) is 1. The Morgan fingerprint density at radius 2 is 2.15 bits per heavy atom. The fraction of sp³-hybridized carbons (Fsp3) is 0.533. The minimum atomic E-state index is 0.253. The first-order valence-corrected chi connectivity index (χ1v) is 7.69. The fourth-order valence-corrected chi connectivity index (χ4v) is 3.40. The number of methoxy groups -OCH3 is 1. The molecule has 0 aliphatic carbocycles. The summed E-state index contributed by atoms with van der Waals surface area (Å²) in [7, 11) is 1.72. The van der Waals surface area contributed by atoms with E-state index in [1.165, 1.54) is 15.3 Å². The van der Waals surface area contributed by atoms with Crippen LogP contribution >= 0.6 is 11.3 Å². The van der Waals surface area contributed by atoms with Gasteiger partial charge in [-0.05, 0) is 39.3 Å². The van der Waals surface area contributed by atoms with Gasteiger partial charge in [0.25, 0.3) is 0 Å². The van der Waals surface area contributed by atoms with Crippen LogP contribution in [0.15, 0.2) is 12.3 Å². The summed E-state index contributed by atoms with van der Waals surface area (Å²) in [5.41, 5.74) is 2.38. The van der Waals surface area contributed by atoms with Crippen molar-refractivity contribution in [2.75, 3.05) is 19.0 Å². The van der Waals surface area contributed by atoms with Gasteiger partial charge < -0.3 is 14.6 Å². The molecule has 1 unspecified atom stereocenters. The number of rotatable bonds is 6. The number of anilines is 1. The minimum Gasteiger partial charge on any atom is -0.383 e. The van der Waals surface area contributed by atoms with Gasteiger partial charge in [-0.25, -0.2) is 4.98 Å². The van der Waals surface area contributed by atoms with Gasteiger partial charge in [0.15, 0.2) is 0 Å². The van der Waals surface area contributed by atoms with E-state index in [0.29, 0.717) is 6.61 Å². The van der Waals surface area contributed by atoms with E-state index in [-0.39, 0.29) is 6.04 Å². The second-order valence-electron chi connectivity index (χ2n) is 5.13. The highest BCUT2D eigenvalue weighted by Gasteiger charge is 2.14. The molecule has 0 aliphatic heterocycles. The fourth-order valence-electron chi connectivity index (χ4n) is 2.37. The third-order valence-electron chi connectivity index (χ3n) is 3.32. The summed E-state index contributed by atoms with van der Waals surface area (Å²) in [4.78, 5) is 7.29. The van der Waals surface area contributed by atoms with Gasteiger partial charge >= 0.3 is 0 Å². The van der Waals surface area contributed by atoms with Crippen molar-refractivity contribution in [1.82, 2.24) is 9.55 Å². The molecule has 2 rings (SSSR count). The van der Waals surface area contributed by atoms with Gasteiger partial charge in [0, 0.05) is 29.6 Å². The molecule has 1 atom stereocenters. The smallest absolute Gasteiger partial charge is 0.203 e. The van der Waals surface area contributed by atoms with Crippen molar-refractivity contribution in [2.24, 2.45) is 0 Å². The van der Waals surface area contributed by atoms with Crippen molar-refractivity contribution in [2.45, 2.75) is 40.3 Å². The molecular weight excluding hydrogens is 270 g/mol. The first-order chi connectivity index (χ1) is 9.51. The van der Waals surface area contributed by atoms with Crippen molar-refractivity contribution in [3.8, 4) is 0 Å². The van der Waals surface area contributed by atoms with Crippen LogP contribution in [0.3, 0.4) is 0 Å². The Balaban J connectivity index is 2.14. The zero-order chi connectivity index (χ0) is 14.7. The van der Waals surface area contributed by atoms with E-state index in [4.69, 9.17) is 4.74 Å². The molecular formula is C15H23N3OS. The van der Waals surface area contributed by atoms with E-state index in [1.807, 2.05) is 18.3 Å². The molecule has 0 bridgehead atoms. The lowest BCUT2D eigenvalue weighted by atomic mass is 10.1. The molecule has 0 aliphatic rings. The van der Waals surface area contributed by atoms with Gasteiger partial charge in [0.05, 0.1) is 18.3 Å². The van der Waals surface area contributed by atoms with E-state index in [0.717, 1.165) is 18.2 Å². The number of imidazole rings is 1. The molecule has 4 nitrogen and oxygen atoms in total. The van der Waals surface area contributed by atoms with E-state index in [9.17, 15) is 0 Å². The molecule has 1 N–H and O–H groups in total. The maximum absolute atomic E-state index is 5.15. The van der Waals surface area contributed by atoms with E-state index in [1.54, 1.807) is 7.11 Å². The maximum Gasteiger partial charge on any atom is 0.203 e. The maximum atomic E-state index is 5.15. The van der Waals surface area contributed by atoms with Crippen LogP contribution in [-0.2, 0) is 11.3 Å². The molecule has 0 radical (unpaired) electrons. The number of thiophene rings is 1. The minimum absolute atomic E-state index is 0.253. The van der Waals surface area contributed by atoms with Gasteiger partial charge in [0.2, 0.25) is 5.95 Å². The summed E-state index contributed by atoms with van der Waals surface area (Å²) in [5.74, 6) is 0.912. The normalized spacial score (nSPS) is 12.7. The summed E-state index contributed by atoms with van der Waals surface area (Å²) >= 11 is 1.84. The van der Waals surface area contributed by atoms with Crippen LogP contribution in [0, 0.1) is 20.8 Å². The number of nitrogens with zero attached hydrogens (tertiary/aromatic N) is 2. The van der Waals surface area contributed by atoms with E-state index >= 15 is 0 Å². The van der Waals surface area contributed by atoms with Crippen LogP contribution < -0.4 is 5.32 Å². The number of aromatic nitrogens is 2. The zero-order valence-corrected chi connectivity index (χ0v) is 13.7. The molecule has 20 heavy (non-hydrogen) atoms. The summed E-state index contributed by atoms with van der Waals surface area (Å²) in [6.07, 6.45) is 2.06. The van der Waals surface area contributed by atoms with Crippen LogP contribution in [0.1, 0.15) is 34.0 Å². The predicted octanol–water partition coefficient (Wildman–Crippen LogP) is 3.69. The van der Waals surface area contributed by atoms with E-state index in [2.05, 4.69) is 47.9 Å². The summed E-state index contributed by atoms with van der Waals surface area (Å²) < 4.78 is 7.26. The predicted molar refractivity (Wildman–Crippen MR) is 84.7 cm³/mol. The van der Waals surface area contributed by atoms with Crippen molar-refractivity contribution in [1.29, 1.82) is 0 Å². The zero-order valence-electron chi connectivity index (χ0n) is 12.9. The molecule has 110 valence electrons. The number of ether oxygens (including phenoxy) is 1. The lowest BCUT2D eigenvalue weighted by Gasteiger charge is -2.16. The quantitative estimate of drug-likeness (QED) is 0.883. The van der Waals surface area contributed by atoms with Crippen molar-refractivity contribution in [3.63, 3.8) is 0 Å². The first-order valence-electron chi connectivity index (χ1n) is 6.87. The highest BCUT2D eigenvalue weighted by molar-refractivity contribution is 7.12. The van der Waals surface area contributed by atoms with Crippen LogP contribution in [0.4, 0.5) is 5.95 Å². The van der Waals surface area contributed by atoms with Crippen molar-refractivity contribution >= 4 is 17.3 Å². The lowest BCUT2D eigenvalue weighted by molar-refractivity contribution is 0.187. The molecule has 0 spiro atoms. The number of aryl methyl sites for hydroxylation is 3. The van der Waals surface area contributed by atoms with Gasteiger partial charge in [-0.2, -0.15) is 0 Å². The van der Waals surface area contributed by atoms with Gasteiger partial charge in [-0.15, -0.1) is 11.3 Å². The SMILES string of the molecule is COCCn1cc(C)nc1NC(C)c1cc(C)sc1C. The second-order valence-corrected chi connectivity index (χ2v) is 6.59. The molecule has 0 saturated heterocycles. The monoisotopic (exact) mass is 293 g/mol. The molecule has 2 heterocycles. The average molecular weight is 293 g/mol. The summed E-state index contributed by atoms with van der Waals surface area (Å²) in [6, 6.07) is 2.51. The molecule has 5 heteroatoms. The first kappa shape index (κ1) is 15.1. The highest BCUT2D eigenvalue weighted by atomic mass is 32.1. The molecule has 0 fully saturated rings. The van der Waals surface area contributed by atoms with Crippen LogP contribution in [-0.4, -0.2) is 23.3 Å². The third kappa shape index (κ3) is 3.41. The number of nitrogens with one attached hydrogen (secondary N) is 1. The lowest BCUT2D eigenvalue weighted by Crippen LogP contribution is -2.13. The van der Waals surface area contributed by atoms with Crippen LogP contribution in [0.2, 0.25) is 0 Å². The third-order valence-corrected chi connectivity index (χ3v) is 4.31. The Kier molecular flexibility index (Phi) is 4.83. The average Bonchev–Trinajstić information content (AvgIpc) is 2.89. The van der Waals surface area contributed by atoms with Crippen LogP contribution in [0.25, 0.3) is 0 Å². The van der Waals surface area contributed by atoms with Crippen molar-refractivity contribution < 1.29 is 4.74 Å². The van der Waals surface area contributed by atoms with Gasteiger partial charge in [-0.3, -0.25) is 0 Å². The molecule has 0 saturated carbocycles. The largest absolute Gasteiger partial charge is 0.383 e. The molecule has 2 aromatic rings. The standard InChI is InChI=1S/C15H23N3OS/c1-10-9-18(6-7-19-5)15(16-10)17-12(3)14-8-11(2)20-13(14)4/h8-9,12H,6-7H2,1-5H3,(H,16,17). The Morgan fingerprint density at radius 3 is 2.75 bits per heavy atom. The summed E-state index contributed by atoms with van der Waals surface area (Å²) in [6.45, 7) is 10.0. The Morgan fingerprint density at radius 1 is 1.40 bits per heavy atom. The molecule has 0 amide bonds. The Bertz CT molecular complexity index is 574. The van der Waals surface area contributed by atoms with Crippen LogP contribution in [0.5, 0.6) is 0 Å². The van der Waals surface area contributed by atoms with E-state index < -0.39 is 0 Å². The second kappa shape index (κ2) is 6.41. The molecule has 2 aromatic heterocycles. The Labute approximate surface area is 124 Å². The summed E-state index contributed by atoms with van der Waals surface area (Å²) in [5, 5.41) is 3.51. The number of hydrogen-bond acceptors (Lipinski definition) is 4. The van der Waals surface area contributed by atoms with Gasteiger partial charge in [-0.1, -0.05) is 0 Å². The van der Waals surface area contributed by atoms with Gasteiger partial charge in [0.1, 0.15) is 0 Å². The highest BCUT2D eigenvalue weighted by Crippen LogP contribution is 2.28. The molecule has 0 aromatic carbocycles. The Hall–Kier alpha value is -1.33.